The number of aryl methyl sites for hydroxylation is 1. The summed E-state index contributed by atoms with van der Waals surface area (Å²) >= 11 is 0. The molecule has 3 aromatic rings. The number of aliphatic hydroxyl groups is 1. The van der Waals surface area contributed by atoms with E-state index in [0.717, 1.165) is 60.6 Å². The van der Waals surface area contributed by atoms with Crippen LogP contribution in [0.25, 0.3) is 11.0 Å². The quantitative estimate of drug-likeness (QED) is 0.702. The van der Waals surface area contributed by atoms with Gasteiger partial charge in [0.1, 0.15) is 0 Å². The topological polar surface area (TPSA) is 85.3 Å². The molecule has 1 fully saturated rings. The van der Waals surface area contributed by atoms with E-state index in [1.165, 1.54) is 0 Å². The molecular weight excluding hydrogens is 354 g/mol. The van der Waals surface area contributed by atoms with Gasteiger partial charge in [-0.3, -0.25) is 19.7 Å². The van der Waals surface area contributed by atoms with Crippen LogP contribution in [0.3, 0.4) is 0 Å². The van der Waals surface area contributed by atoms with Gasteiger partial charge in [0.25, 0.3) is 5.56 Å². The van der Waals surface area contributed by atoms with Crippen LogP contribution in [0.15, 0.2) is 41.5 Å². The molecule has 0 unspecified atom stereocenters. The Hall–Kier alpha value is -2.77. The zero-order valence-electron chi connectivity index (χ0n) is 16.1. The molecule has 1 aliphatic rings. The Balaban J connectivity index is 1.40. The fraction of sp³-hybridized carbons (Fsp3) is 0.381. The minimum atomic E-state index is -0.0289. The smallest absolute Gasteiger partial charge is 0.251 e. The SMILES string of the molecule is CCc1cc2ncc(CN3CCN(c4ccc(CO)nc4)CC3)cc2[nH]c1=O. The number of anilines is 1. The van der Waals surface area contributed by atoms with Gasteiger partial charge < -0.3 is 15.0 Å². The fourth-order valence-corrected chi connectivity index (χ4v) is 3.64. The number of hydrogen-bond donors (Lipinski definition) is 2. The van der Waals surface area contributed by atoms with Crippen molar-refractivity contribution < 1.29 is 5.11 Å². The molecule has 0 spiro atoms. The third-order valence-corrected chi connectivity index (χ3v) is 5.32. The van der Waals surface area contributed by atoms with Gasteiger partial charge in [0, 0.05) is 44.5 Å². The number of hydrogen-bond acceptors (Lipinski definition) is 6. The molecule has 2 N–H and O–H groups in total. The van der Waals surface area contributed by atoms with Crippen LogP contribution in [0.2, 0.25) is 0 Å². The summed E-state index contributed by atoms with van der Waals surface area (Å²) in [6.45, 7) is 6.52. The van der Waals surface area contributed by atoms with Gasteiger partial charge in [0.2, 0.25) is 0 Å². The van der Waals surface area contributed by atoms with Gasteiger partial charge in [-0.25, -0.2) is 0 Å². The van der Waals surface area contributed by atoms with Crippen LogP contribution in [0.5, 0.6) is 0 Å². The van der Waals surface area contributed by atoms with Crippen LogP contribution in [0.4, 0.5) is 5.69 Å². The van der Waals surface area contributed by atoms with Crippen molar-refractivity contribution >= 4 is 16.7 Å². The highest BCUT2D eigenvalue weighted by Crippen LogP contribution is 2.18. The van der Waals surface area contributed by atoms with Crippen LogP contribution in [0.1, 0.15) is 23.7 Å². The minimum Gasteiger partial charge on any atom is -0.390 e. The number of aromatic amines is 1. The van der Waals surface area contributed by atoms with Crippen molar-refractivity contribution in [2.75, 3.05) is 31.1 Å². The van der Waals surface area contributed by atoms with Crippen molar-refractivity contribution in [3.8, 4) is 0 Å². The summed E-state index contributed by atoms with van der Waals surface area (Å²) in [6.07, 6.45) is 4.44. The summed E-state index contributed by atoms with van der Waals surface area (Å²) < 4.78 is 0. The van der Waals surface area contributed by atoms with Crippen molar-refractivity contribution in [2.45, 2.75) is 26.5 Å². The average molecular weight is 379 g/mol. The number of nitrogens with zero attached hydrogens (tertiary/aromatic N) is 4. The van der Waals surface area contributed by atoms with Crippen molar-refractivity contribution in [2.24, 2.45) is 0 Å². The molecule has 0 bridgehead atoms. The number of H-pyrrole nitrogens is 1. The Morgan fingerprint density at radius 1 is 1.11 bits per heavy atom. The van der Waals surface area contributed by atoms with Crippen LogP contribution in [-0.4, -0.2) is 51.1 Å². The second-order valence-electron chi connectivity index (χ2n) is 7.18. The first-order valence-electron chi connectivity index (χ1n) is 9.70. The predicted octanol–water partition coefficient (Wildman–Crippen LogP) is 1.69. The van der Waals surface area contributed by atoms with Gasteiger partial charge in [0.05, 0.1) is 35.2 Å². The molecule has 7 heteroatoms. The molecule has 1 saturated heterocycles. The van der Waals surface area contributed by atoms with E-state index in [0.29, 0.717) is 12.1 Å². The van der Waals surface area contributed by atoms with E-state index in [1.54, 1.807) is 0 Å². The van der Waals surface area contributed by atoms with E-state index in [2.05, 4.69) is 24.8 Å². The summed E-state index contributed by atoms with van der Waals surface area (Å²) in [5.74, 6) is 0. The average Bonchev–Trinajstić information content (AvgIpc) is 2.74. The number of rotatable bonds is 5. The first-order valence-corrected chi connectivity index (χ1v) is 9.70. The van der Waals surface area contributed by atoms with E-state index in [-0.39, 0.29) is 12.2 Å². The first-order chi connectivity index (χ1) is 13.7. The van der Waals surface area contributed by atoms with Gasteiger partial charge in [-0.1, -0.05) is 6.92 Å². The molecule has 7 nitrogen and oxygen atoms in total. The molecule has 0 amide bonds. The van der Waals surface area contributed by atoms with Crippen LogP contribution < -0.4 is 10.5 Å². The van der Waals surface area contributed by atoms with Crippen molar-refractivity contribution in [1.82, 2.24) is 19.9 Å². The maximum absolute atomic E-state index is 12.1. The Bertz CT molecular complexity index is 1010. The highest BCUT2D eigenvalue weighted by Gasteiger charge is 2.18. The molecule has 4 heterocycles. The lowest BCUT2D eigenvalue weighted by Crippen LogP contribution is -2.46. The third-order valence-electron chi connectivity index (χ3n) is 5.32. The number of pyridine rings is 3. The Morgan fingerprint density at radius 2 is 1.93 bits per heavy atom. The van der Waals surface area contributed by atoms with Gasteiger partial charge in [0.15, 0.2) is 0 Å². The lowest BCUT2D eigenvalue weighted by atomic mass is 10.1. The number of fused-ring (bicyclic) bond motifs is 1. The fourth-order valence-electron chi connectivity index (χ4n) is 3.64. The summed E-state index contributed by atoms with van der Waals surface area (Å²) in [6, 6.07) is 7.80. The molecule has 0 radical (unpaired) electrons. The molecule has 4 rings (SSSR count). The highest BCUT2D eigenvalue weighted by atomic mass is 16.3. The van der Waals surface area contributed by atoms with Crippen molar-refractivity contribution in [3.05, 3.63) is 63.8 Å². The minimum absolute atomic E-state index is 0.0246. The van der Waals surface area contributed by atoms with E-state index in [4.69, 9.17) is 5.11 Å². The Labute approximate surface area is 163 Å². The molecule has 3 aromatic heterocycles. The normalized spacial score (nSPS) is 15.3. The first kappa shape index (κ1) is 18.6. The van der Waals surface area contributed by atoms with Crippen LogP contribution in [-0.2, 0) is 19.6 Å². The standard InChI is InChI=1S/C21H25N5O2/c1-2-16-10-19-20(24-21(16)28)9-15(11-23-19)13-25-5-7-26(8-6-25)18-4-3-17(14-27)22-12-18/h3-4,9-12,27H,2,5-8,13-14H2,1H3,(H,24,28). The van der Waals surface area contributed by atoms with E-state index in [9.17, 15) is 4.79 Å². The largest absolute Gasteiger partial charge is 0.390 e. The molecular formula is C21H25N5O2. The zero-order valence-corrected chi connectivity index (χ0v) is 16.1. The Kier molecular flexibility index (Phi) is 5.36. The van der Waals surface area contributed by atoms with Gasteiger partial charge in [-0.15, -0.1) is 0 Å². The summed E-state index contributed by atoms with van der Waals surface area (Å²) in [7, 11) is 0. The van der Waals surface area contributed by atoms with Crippen molar-refractivity contribution in [3.63, 3.8) is 0 Å². The molecule has 0 saturated carbocycles. The zero-order chi connectivity index (χ0) is 19.5. The molecule has 0 aromatic carbocycles. The summed E-state index contributed by atoms with van der Waals surface area (Å²) in [5.41, 5.74) is 5.27. The van der Waals surface area contributed by atoms with Crippen molar-refractivity contribution in [1.29, 1.82) is 0 Å². The number of piperazine rings is 1. The maximum atomic E-state index is 12.1. The second-order valence-corrected chi connectivity index (χ2v) is 7.18. The third kappa shape index (κ3) is 3.90. The van der Waals surface area contributed by atoms with Gasteiger partial charge in [-0.2, -0.15) is 0 Å². The number of aliphatic hydroxyl groups excluding tert-OH is 1. The number of aromatic nitrogens is 3. The lowest BCUT2D eigenvalue weighted by molar-refractivity contribution is 0.249. The second kappa shape index (κ2) is 8.08. The molecule has 28 heavy (non-hydrogen) atoms. The highest BCUT2D eigenvalue weighted by molar-refractivity contribution is 5.74. The molecule has 0 aliphatic carbocycles. The summed E-state index contributed by atoms with van der Waals surface area (Å²) in [4.78, 5) is 28.5. The lowest BCUT2D eigenvalue weighted by Gasteiger charge is -2.36. The van der Waals surface area contributed by atoms with E-state index < -0.39 is 0 Å². The predicted molar refractivity (Wildman–Crippen MR) is 109 cm³/mol. The Morgan fingerprint density at radius 3 is 2.61 bits per heavy atom. The van der Waals surface area contributed by atoms with E-state index >= 15 is 0 Å². The summed E-state index contributed by atoms with van der Waals surface area (Å²) in [5, 5.41) is 9.11. The van der Waals surface area contributed by atoms with E-state index in [1.807, 2.05) is 43.6 Å². The molecule has 1 aliphatic heterocycles. The van der Waals surface area contributed by atoms with Crippen LogP contribution >= 0.6 is 0 Å². The molecule has 0 atom stereocenters. The van der Waals surface area contributed by atoms with Crippen LogP contribution in [0, 0.1) is 0 Å². The monoisotopic (exact) mass is 379 g/mol. The maximum Gasteiger partial charge on any atom is 0.251 e. The van der Waals surface area contributed by atoms with Gasteiger partial charge >= 0.3 is 0 Å². The molecule has 146 valence electrons. The van der Waals surface area contributed by atoms with Gasteiger partial charge in [-0.05, 0) is 36.2 Å². The number of nitrogens with one attached hydrogen (secondary N) is 1.